The van der Waals surface area contributed by atoms with E-state index in [0.29, 0.717) is 17.8 Å². The topological polar surface area (TPSA) is 70.2 Å². The number of rotatable bonds is 7. The van der Waals surface area contributed by atoms with Gasteiger partial charge in [-0.05, 0) is 29.8 Å². The maximum Gasteiger partial charge on any atom is 0.251 e. The summed E-state index contributed by atoms with van der Waals surface area (Å²) in [7, 11) is 0. The molecule has 0 aliphatic carbocycles. The van der Waals surface area contributed by atoms with Crippen LogP contribution in [0.2, 0.25) is 0 Å². The molecule has 0 aliphatic rings. The lowest BCUT2D eigenvalue weighted by Gasteiger charge is -2.10. The zero-order chi connectivity index (χ0) is 17.4. The van der Waals surface area contributed by atoms with E-state index < -0.39 is 0 Å². The lowest BCUT2D eigenvalue weighted by Crippen LogP contribution is -2.32. The largest absolute Gasteiger partial charge is 0.348 e. The number of anilines is 1. The minimum Gasteiger partial charge on any atom is -0.348 e. The molecular formula is C19H23N3O2. The monoisotopic (exact) mass is 325 g/mol. The van der Waals surface area contributed by atoms with E-state index in [1.165, 1.54) is 0 Å². The molecule has 0 radical (unpaired) electrons. The number of amides is 2. The first-order valence-corrected chi connectivity index (χ1v) is 8.00. The Morgan fingerprint density at radius 2 is 1.62 bits per heavy atom. The van der Waals surface area contributed by atoms with Gasteiger partial charge in [0.1, 0.15) is 0 Å². The Hall–Kier alpha value is -2.66. The molecule has 0 saturated heterocycles. The highest BCUT2D eigenvalue weighted by Gasteiger charge is 2.07. The second kappa shape index (κ2) is 8.84. The van der Waals surface area contributed by atoms with Crippen molar-refractivity contribution in [3.8, 4) is 0 Å². The van der Waals surface area contributed by atoms with Crippen LogP contribution in [-0.2, 0) is 11.3 Å². The highest BCUT2D eigenvalue weighted by atomic mass is 16.2. The standard InChI is InChI=1S/C19H23N3O2/c1-14(2)20-13-18(23)22-17-10-8-16(9-11-17)19(24)21-12-15-6-4-3-5-7-15/h3-11,14,20H,12-13H2,1-2H3,(H,21,24)(H,22,23). The summed E-state index contributed by atoms with van der Waals surface area (Å²) in [6.07, 6.45) is 0. The van der Waals surface area contributed by atoms with E-state index in [9.17, 15) is 9.59 Å². The summed E-state index contributed by atoms with van der Waals surface area (Å²) < 4.78 is 0. The third kappa shape index (κ3) is 5.85. The molecule has 0 atom stereocenters. The van der Waals surface area contributed by atoms with E-state index in [2.05, 4.69) is 16.0 Å². The minimum atomic E-state index is -0.141. The molecule has 126 valence electrons. The van der Waals surface area contributed by atoms with Crippen molar-refractivity contribution in [2.24, 2.45) is 0 Å². The lowest BCUT2D eigenvalue weighted by atomic mass is 10.1. The second-order valence-electron chi connectivity index (χ2n) is 5.83. The molecular weight excluding hydrogens is 302 g/mol. The van der Waals surface area contributed by atoms with Crippen molar-refractivity contribution < 1.29 is 9.59 Å². The van der Waals surface area contributed by atoms with Crippen molar-refractivity contribution in [3.05, 3.63) is 65.7 Å². The number of benzene rings is 2. The number of hydrogen-bond acceptors (Lipinski definition) is 3. The number of hydrogen-bond donors (Lipinski definition) is 3. The van der Waals surface area contributed by atoms with Gasteiger partial charge in [0.05, 0.1) is 6.54 Å². The van der Waals surface area contributed by atoms with Gasteiger partial charge in [0.15, 0.2) is 0 Å². The zero-order valence-electron chi connectivity index (χ0n) is 14.0. The molecule has 0 aliphatic heterocycles. The molecule has 2 aromatic carbocycles. The van der Waals surface area contributed by atoms with Gasteiger partial charge in [-0.15, -0.1) is 0 Å². The van der Waals surface area contributed by atoms with E-state index in [4.69, 9.17) is 0 Å². The quantitative estimate of drug-likeness (QED) is 0.733. The van der Waals surface area contributed by atoms with Gasteiger partial charge in [-0.1, -0.05) is 44.2 Å². The average molecular weight is 325 g/mol. The van der Waals surface area contributed by atoms with Crippen LogP contribution in [0.15, 0.2) is 54.6 Å². The number of carbonyl (C=O) groups excluding carboxylic acids is 2. The van der Waals surface area contributed by atoms with Gasteiger partial charge in [-0.25, -0.2) is 0 Å². The Balaban J connectivity index is 1.84. The van der Waals surface area contributed by atoms with Gasteiger partial charge in [-0.3, -0.25) is 9.59 Å². The maximum atomic E-state index is 12.1. The molecule has 2 aromatic rings. The lowest BCUT2D eigenvalue weighted by molar-refractivity contribution is -0.115. The molecule has 0 bridgehead atoms. The van der Waals surface area contributed by atoms with Crippen LogP contribution in [-0.4, -0.2) is 24.4 Å². The fraction of sp³-hybridized carbons (Fsp3) is 0.263. The molecule has 2 amide bonds. The fourth-order valence-electron chi connectivity index (χ4n) is 2.09. The predicted octanol–water partition coefficient (Wildman–Crippen LogP) is 2.55. The van der Waals surface area contributed by atoms with E-state index in [-0.39, 0.29) is 24.4 Å². The van der Waals surface area contributed by atoms with Gasteiger partial charge in [0, 0.05) is 23.8 Å². The Labute approximate surface area is 142 Å². The molecule has 0 fully saturated rings. The SMILES string of the molecule is CC(C)NCC(=O)Nc1ccc(C(=O)NCc2ccccc2)cc1. The summed E-state index contributed by atoms with van der Waals surface area (Å²) in [5.74, 6) is -0.247. The summed E-state index contributed by atoms with van der Waals surface area (Å²) in [6.45, 7) is 4.71. The first kappa shape index (κ1) is 17.7. The van der Waals surface area contributed by atoms with Crippen LogP contribution >= 0.6 is 0 Å². The van der Waals surface area contributed by atoms with Crippen molar-refractivity contribution in [2.45, 2.75) is 26.4 Å². The highest BCUT2D eigenvalue weighted by molar-refractivity contribution is 5.96. The van der Waals surface area contributed by atoms with Crippen LogP contribution in [0, 0.1) is 0 Å². The van der Waals surface area contributed by atoms with Crippen LogP contribution in [0.3, 0.4) is 0 Å². The van der Waals surface area contributed by atoms with Gasteiger partial charge < -0.3 is 16.0 Å². The highest BCUT2D eigenvalue weighted by Crippen LogP contribution is 2.10. The van der Waals surface area contributed by atoms with Crippen molar-refractivity contribution >= 4 is 17.5 Å². The van der Waals surface area contributed by atoms with Crippen molar-refractivity contribution in [1.82, 2.24) is 10.6 Å². The second-order valence-corrected chi connectivity index (χ2v) is 5.83. The van der Waals surface area contributed by atoms with Crippen molar-refractivity contribution in [2.75, 3.05) is 11.9 Å². The maximum absolute atomic E-state index is 12.1. The molecule has 3 N–H and O–H groups in total. The van der Waals surface area contributed by atoms with Crippen molar-refractivity contribution in [3.63, 3.8) is 0 Å². The molecule has 0 aromatic heterocycles. The van der Waals surface area contributed by atoms with Crippen LogP contribution in [0.5, 0.6) is 0 Å². The Kier molecular flexibility index (Phi) is 6.51. The van der Waals surface area contributed by atoms with E-state index in [1.807, 2.05) is 44.2 Å². The molecule has 24 heavy (non-hydrogen) atoms. The molecule has 0 unspecified atom stereocenters. The fourth-order valence-corrected chi connectivity index (χ4v) is 2.09. The van der Waals surface area contributed by atoms with Crippen LogP contribution in [0.1, 0.15) is 29.8 Å². The summed E-state index contributed by atoms with van der Waals surface area (Å²) in [6, 6.07) is 16.8. The Bertz CT molecular complexity index is 667. The van der Waals surface area contributed by atoms with Gasteiger partial charge in [-0.2, -0.15) is 0 Å². The van der Waals surface area contributed by atoms with Gasteiger partial charge in [0.25, 0.3) is 5.91 Å². The molecule has 0 saturated carbocycles. The summed E-state index contributed by atoms with van der Waals surface area (Å²) in [5, 5.41) is 8.71. The van der Waals surface area contributed by atoms with Gasteiger partial charge >= 0.3 is 0 Å². The molecule has 5 nitrogen and oxygen atoms in total. The molecule has 2 rings (SSSR count). The van der Waals surface area contributed by atoms with Crippen LogP contribution in [0.4, 0.5) is 5.69 Å². The first-order chi connectivity index (χ1) is 11.5. The van der Waals surface area contributed by atoms with Gasteiger partial charge in [0.2, 0.25) is 5.91 Å². The summed E-state index contributed by atoms with van der Waals surface area (Å²) in [4.78, 5) is 23.9. The normalized spacial score (nSPS) is 10.5. The van der Waals surface area contributed by atoms with Crippen molar-refractivity contribution in [1.29, 1.82) is 0 Å². The first-order valence-electron chi connectivity index (χ1n) is 8.00. The third-order valence-corrected chi connectivity index (χ3v) is 3.40. The molecule has 0 heterocycles. The Morgan fingerprint density at radius 3 is 2.25 bits per heavy atom. The predicted molar refractivity (Wildman–Crippen MR) is 95.8 cm³/mol. The minimum absolute atomic E-state index is 0.107. The molecule has 5 heteroatoms. The summed E-state index contributed by atoms with van der Waals surface area (Å²) >= 11 is 0. The molecule has 0 spiro atoms. The summed E-state index contributed by atoms with van der Waals surface area (Å²) in [5.41, 5.74) is 2.28. The van der Waals surface area contributed by atoms with E-state index >= 15 is 0 Å². The van der Waals surface area contributed by atoms with E-state index in [0.717, 1.165) is 5.56 Å². The number of carbonyl (C=O) groups is 2. The average Bonchev–Trinajstić information content (AvgIpc) is 2.59. The van der Waals surface area contributed by atoms with E-state index in [1.54, 1.807) is 24.3 Å². The van der Waals surface area contributed by atoms with Crippen LogP contribution < -0.4 is 16.0 Å². The zero-order valence-corrected chi connectivity index (χ0v) is 14.0. The Morgan fingerprint density at radius 1 is 0.958 bits per heavy atom. The third-order valence-electron chi connectivity index (χ3n) is 3.40. The number of nitrogens with one attached hydrogen (secondary N) is 3. The smallest absolute Gasteiger partial charge is 0.251 e. The van der Waals surface area contributed by atoms with Crippen LogP contribution in [0.25, 0.3) is 0 Å².